The summed E-state index contributed by atoms with van der Waals surface area (Å²) in [5, 5.41) is 7.50. The fraction of sp³-hybridized carbons (Fsp3) is 0.273. The van der Waals surface area contributed by atoms with Gasteiger partial charge in [0.25, 0.3) is 0 Å². The maximum absolute atomic E-state index is 7.50. The summed E-state index contributed by atoms with van der Waals surface area (Å²) < 4.78 is 2.07. The van der Waals surface area contributed by atoms with Crippen molar-refractivity contribution in [2.24, 2.45) is 5.73 Å². The molecule has 0 amide bonds. The van der Waals surface area contributed by atoms with Crippen LogP contribution in [0.4, 0.5) is 0 Å². The molecule has 3 rings (SSSR count). The molecular weight excluding hydrogens is 188 g/mol. The summed E-state index contributed by atoms with van der Waals surface area (Å²) in [6, 6.07) is 3.77. The van der Waals surface area contributed by atoms with Gasteiger partial charge < -0.3 is 10.1 Å². The number of nitrogens with two attached hydrogens (primary N) is 1. The van der Waals surface area contributed by atoms with E-state index in [9.17, 15) is 0 Å². The lowest BCUT2D eigenvalue weighted by Gasteiger charge is -2.02. The first-order valence-corrected chi connectivity index (χ1v) is 5.10. The zero-order valence-electron chi connectivity index (χ0n) is 8.33. The topological polar surface area (TPSA) is 67.2 Å². The number of aromatic nitrogens is 2. The Labute approximate surface area is 87.2 Å². The van der Waals surface area contributed by atoms with E-state index in [1.54, 1.807) is 0 Å². The fourth-order valence-electron chi connectivity index (χ4n) is 2.26. The molecule has 0 radical (unpaired) electrons. The molecule has 15 heavy (non-hydrogen) atoms. The Morgan fingerprint density at radius 2 is 2.33 bits per heavy atom. The Balaban J connectivity index is 2.37. The van der Waals surface area contributed by atoms with E-state index in [2.05, 4.69) is 9.38 Å². The molecule has 0 aromatic carbocycles. The molecule has 0 atom stereocenters. The van der Waals surface area contributed by atoms with Gasteiger partial charge in [0.05, 0.1) is 11.3 Å². The van der Waals surface area contributed by atoms with Crippen molar-refractivity contribution in [2.45, 2.75) is 19.3 Å². The van der Waals surface area contributed by atoms with Gasteiger partial charge in [-0.3, -0.25) is 5.41 Å². The van der Waals surface area contributed by atoms with Gasteiger partial charge in [0.2, 0.25) is 0 Å². The van der Waals surface area contributed by atoms with Gasteiger partial charge in [-0.1, -0.05) is 0 Å². The average Bonchev–Trinajstić information content (AvgIpc) is 2.75. The standard InChI is InChI=1S/C11H12N4/c12-10(13)7-3-2-6-15-9-5-1-4-8(9)14-11(7)15/h2-3,6H,1,4-5H2,(H3,12,13). The Morgan fingerprint density at radius 1 is 1.47 bits per heavy atom. The van der Waals surface area contributed by atoms with Crippen LogP contribution in [0, 0.1) is 5.41 Å². The van der Waals surface area contributed by atoms with Crippen LogP contribution in [0.5, 0.6) is 0 Å². The number of nitrogens with zero attached hydrogens (tertiary/aromatic N) is 2. The van der Waals surface area contributed by atoms with Crippen molar-refractivity contribution in [2.75, 3.05) is 0 Å². The summed E-state index contributed by atoms with van der Waals surface area (Å²) in [6.07, 6.45) is 5.32. The Kier molecular flexibility index (Phi) is 1.59. The van der Waals surface area contributed by atoms with Crippen LogP contribution in [0.15, 0.2) is 18.3 Å². The number of nitrogen functional groups attached to an aromatic ring is 1. The van der Waals surface area contributed by atoms with Crippen molar-refractivity contribution in [1.82, 2.24) is 9.38 Å². The Bertz CT molecular complexity index is 553. The normalized spacial score (nSPS) is 14.4. The van der Waals surface area contributed by atoms with E-state index >= 15 is 0 Å². The van der Waals surface area contributed by atoms with Crippen molar-refractivity contribution in [3.8, 4) is 0 Å². The van der Waals surface area contributed by atoms with Crippen LogP contribution in [0.3, 0.4) is 0 Å². The van der Waals surface area contributed by atoms with E-state index < -0.39 is 0 Å². The minimum absolute atomic E-state index is 0.0873. The predicted octanol–water partition coefficient (Wildman–Crippen LogP) is 1.11. The van der Waals surface area contributed by atoms with Crippen LogP contribution in [0.25, 0.3) is 5.65 Å². The summed E-state index contributed by atoms with van der Waals surface area (Å²) in [4.78, 5) is 4.56. The lowest BCUT2D eigenvalue weighted by Crippen LogP contribution is -2.12. The van der Waals surface area contributed by atoms with Gasteiger partial charge in [0.15, 0.2) is 0 Å². The van der Waals surface area contributed by atoms with Crippen LogP contribution in [-0.2, 0) is 12.8 Å². The largest absolute Gasteiger partial charge is 0.384 e. The van der Waals surface area contributed by atoms with Crippen molar-refractivity contribution in [3.05, 3.63) is 35.3 Å². The van der Waals surface area contributed by atoms with Gasteiger partial charge in [-0.25, -0.2) is 4.98 Å². The van der Waals surface area contributed by atoms with E-state index in [-0.39, 0.29) is 5.84 Å². The number of imidazole rings is 1. The minimum atomic E-state index is 0.0873. The second kappa shape index (κ2) is 2.82. The molecule has 0 fully saturated rings. The number of aryl methyl sites for hydroxylation is 2. The van der Waals surface area contributed by atoms with E-state index in [1.807, 2.05) is 18.3 Å². The summed E-state index contributed by atoms with van der Waals surface area (Å²) in [6.45, 7) is 0. The van der Waals surface area contributed by atoms with Crippen LogP contribution in [0.2, 0.25) is 0 Å². The summed E-state index contributed by atoms with van der Waals surface area (Å²) in [5.41, 5.74) is 9.54. The molecule has 2 aromatic rings. The van der Waals surface area contributed by atoms with E-state index in [0.717, 1.165) is 24.1 Å². The smallest absolute Gasteiger partial charge is 0.148 e. The van der Waals surface area contributed by atoms with Crippen LogP contribution >= 0.6 is 0 Å². The van der Waals surface area contributed by atoms with Crippen molar-refractivity contribution in [3.63, 3.8) is 0 Å². The molecule has 76 valence electrons. The highest BCUT2D eigenvalue weighted by Crippen LogP contribution is 2.24. The third kappa shape index (κ3) is 1.08. The average molecular weight is 200 g/mol. The molecule has 2 heterocycles. The zero-order chi connectivity index (χ0) is 10.4. The molecule has 1 aliphatic carbocycles. The number of nitrogens with one attached hydrogen (secondary N) is 1. The van der Waals surface area contributed by atoms with Crippen LogP contribution in [-0.4, -0.2) is 15.2 Å². The number of amidine groups is 1. The van der Waals surface area contributed by atoms with Gasteiger partial charge in [0.1, 0.15) is 11.5 Å². The first-order valence-electron chi connectivity index (χ1n) is 5.10. The predicted molar refractivity (Wildman–Crippen MR) is 58.2 cm³/mol. The van der Waals surface area contributed by atoms with Crippen molar-refractivity contribution in [1.29, 1.82) is 5.41 Å². The molecule has 4 nitrogen and oxygen atoms in total. The first kappa shape index (κ1) is 8.47. The van der Waals surface area contributed by atoms with Gasteiger partial charge in [-0.2, -0.15) is 0 Å². The molecule has 0 unspecified atom stereocenters. The van der Waals surface area contributed by atoms with Crippen LogP contribution in [0.1, 0.15) is 23.4 Å². The maximum atomic E-state index is 7.50. The number of hydrogen-bond donors (Lipinski definition) is 2. The minimum Gasteiger partial charge on any atom is -0.384 e. The molecule has 0 bridgehead atoms. The highest BCUT2D eigenvalue weighted by molar-refractivity contribution is 6.00. The summed E-state index contributed by atoms with van der Waals surface area (Å²) >= 11 is 0. The molecule has 0 spiro atoms. The van der Waals surface area contributed by atoms with Crippen molar-refractivity contribution < 1.29 is 0 Å². The van der Waals surface area contributed by atoms with Crippen molar-refractivity contribution >= 4 is 11.5 Å². The SMILES string of the molecule is N=C(N)c1cccn2c3c(nc12)CCC3. The third-order valence-electron chi connectivity index (χ3n) is 2.95. The van der Waals surface area contributed by atoms with Gasteiger partial charge in [-0.05, 0) is 31.4 Å². The number of fused-ring (bicyclic) bond motifs is 3. The molecule has 4 heteroatoms. The summed E-state index contributed by atoms with van der Waals surface area (Å²) in [5.74, 6) is 0.0873. The Morgan fingerprint density at radius 3 is 3.13 bits per heavy atom. The van der Waals surface area contributed by atoms with E-state index in [4.69, 9.17) is 11.1 Å². The van der Waals surface area contributed by atoms with E-state index in [1.165, 1.54) is 17.8 Å². The molecule has 3 N–H and O–H groups in total. The van der Waals surface area contributed by atoms with Crippen LogP contribution < -0.4 is 5.73 Å². The number of hydrogen-bond acceptors (Lipinski definition) is 2. The molecule has 2 aromatic heterocycles. The molecule has 0 saturated carbocycles. The van der Waals surface area contributed by atoms with E-state index in [0.29, 0.717) is 0 Å². The molecule has 0 saturated heterocycles. The summed E-state index contributed by atoms with van der Waals surface area (Å²) in [7, 11) is 0. The third-order valence-corrected chi connectivity index (χ3v) is 2.95. The lowest BCUT2D eigenvalue weighted by atomic mass is 10.2. The first-order chi connectivity index (χ1) is 7.27. The Hall–Kier alpha value is -1.84. The highest BCUT2D eigenvalue weighted by atomic mass is 15.0. The second-order valence-corrected chi connectivity index (χ2v) is 3.89. The fourth-order valence-corrected chi connectivity index (χ4v) is 2.26. The maximum Gasteiger partial charge on any atom is 0.148 e. The quantitative estimate of drug-likeness (QED) is 0.535. The zero-order valence-corrected chi connectivity index (χ0v) is 8.33. The highest BCUT2D eigenvalue weighted by Gasteiger charge is 2.19. The number of rotatable bonds is 1. The number of pyridine rings is 1. The van der Waals surface area contributed by atoms with Gasteiger partial charge >= 0.3 is 0 Å². The van der Waals surface area contributed by atoms with Gasteiger partial charge in [-0.15, -0.1) is 0 Å². The molecular formula is C11H12N4. The monoisotopic (exact) mass is 200 g/mol. The molecule has 1 aliphatic rings. The lowest BCUT2D eigenvalue weighted by molar-refractivity contribution is 0.869. The molecule has 0 aliphatic heterocycles. The second-order valence-electron chi connectivity index (χ2n) is 3.89. The van der Waals surface area contributed by atoms with Gasteiger partial charge in [0, 0.05) is 11.9 Å².